The molecule has 1 aromatic heterocycles. The standard InChI is InChI=1S/C10H10Cl2N2O/c1-6(2)8-3-9(7(12)5-13-8)14-10(15)4-11/h3,5H,1,4H2,2H3,(H,13,14,15). The summed E-state index contributed by atoms with van der Waals surface area (Å²) >= 11 is 11.2. The molecule has 1 heterocycles. The summed E-state index contributed by atoms with van der Waals surface area (Å²) in [6, 6.07) is 1.66. The van der Waals surface area contributed by atoms with Crippen LogP contribution in [0.2, 0.25) is 5.02 Å². The van der Waals surface area contributed by atoms with Crippen LogP contribution < -0.4 is 5.32 Å². The largest absolute Gasteiger partial charge is 0.324 e. The second-order valence-electron chi connectivity index (χ2n) is 3.01. The molecule has 0 saturated carbocycles. The normalized spacial score (nSPS) is 9.80. The van der Waals surface area contributed by atoms with E-state index in [0.29, 0.717) is 16.4 Å². The number of anilines is 1. The highest BCUT2D eigenvalue weighted by Crippen LogP contribution is 2.23. The van der Waals surface area contributed by atoms with Crippen LogP contribution in [0.15, 0.2) is 18.8 Å². The Kier molecular flexibility index (Phi) is 4.12. The maximum atomic E-state index is 11.1. The number of amides is 1. The molecule has 0 bridgehead atoms. The molecule has 5 heteroatoms. The molecule has 0 aliphatic carbocycles. The minimum Gasteiger partial charge on any atom is -0.324 e. The third kappa shape index (κ3) is 3.22. The molecule has 0 aliphatic rings. The van der Waals surface area contributed by atoms with Gasteiger partial charge in [-0.05, 0) is 18.6 Å². The highest BCUT2D eigenvalue weighted by Gasteiger charge is 2.06. The molecule has 0 aromatic carbocycles. The molecular weight excluding hydrogens is 235 g/mol. The van der Waals surface area contributed by atoms with Gasteiger partial charge >= 0.3 is 0 Å². The predicted molar refractivity (Wildman–Crippen MR) is 63.3 cm³/mol. The molecule has 3 nitrogen and oxygen atoms in total. The van der Waals surface area contributed by atoms with Crippen molar-refractivity contribution < 1.29 is 4.79 Å². The van der Waals surface area contributed by atoms with E-state index in [1.54, 1.807) is 6.07 Å². The Morgan fingerprint density at radius 2 is 2.33 bits per heavy atom. The topological polar surface area (TPSA) is 42.0 Å². The molecule has 0 radical (unpaired) electrons. The third-order valence-corrected chi connectivity index (χ3v) is 2.23. The number of halogens is 2. The van der Waals surface area contributed by atoms with Crippen LogP contribution in [-0.2, 0) is 4.79 Å². The van der Waals surface area contributed by atoms with Crippen LogP contribution in [0.5, 0.6) is 0 Å². The second kappa shape index (κ2) is 5.14. The quantitative estimate of drug-likeness (QED) is 0.832. The van der Waals surface area contributed by atoms with Crippen molar-refractivity contribution in [2.45, 2.75) is 6.92 Å². The van der Waals surface area contributed by atoms with Crippen molar-refractivity contribution in [1.29, 1.82) is 0 Å². The SMILES string of the molecule is C=C(C)c1cc(NC(=O)CCl)c(Cl)cn1. The Morgan fingerprint density at radius 1 is 1.67 bits per heavy atom. The van der Waals surface area contributed by atoms with Crippen LogP contribution in [0.3, 0.4) is 0 Å². The first kappa shape index (κ1) is 12.0. The van der Waals surface area contributed by atoms with Crippen molar-refractivity contribution in [2.24, 2.45) is 0 Å². The molecule has 1 aromatic rings. The zero-order valence-corrected chi connectivity index (χ0v) is 9.69. The average Bonchev–Trinajstić information content (AvgIpc) is 2.20. The Bertz CT molecular complexity index is 404. The fourth-order valence-electron chi connectivity index (χ4n) is 0.951. The Morgan fingerprint density at radius 3 is 2.87 bits per heavy atom. The van der Waals surface area contributed by atoms with E-state index >= 15 is 0 Å². The van der Waals surface area contributed by atoms with Crippen LogP contribution in [-0.4, -0.2) is 16.8 Å². The number of pyridine rings is 1. The van der Waals surface area contributed by atoms with Gasteiger partial charge in [0.25, 0.3) is 0 Å². The molecule has 0 fully saturated rings. The molecule has 0 saturated heterocycles. The number of rotatable bonds is 3. The first-order valence-electron chi connectivity index (χ1n) is 4.22. The van der Waals surface area contributed by atoms with Crippen LogP contribution in [0.4, 0.5) is 5.69 Å². The summed E-state index contributed by atoms with van der Waals surface area (Å²) in [4.78, 5) is 15.1. The number of carbonyl (C=O) groups excluding carboxylic acids is 1. The number of hydrogen-bond acceptors (Lipinski definition) is 2. The van der Waals surface area contributed by atoms with Gasteiger partial charge in [0.05, 0.1) is 16.4 Å². The van der Waals surface area contributed by atoms with E-state index in [2.05, 4.69) is 16.9 Å². The number of allylic oxidation sites excluding steroid dienone is 1. The summed E-state index contributed by atoms with van der Waals surface area (Å²) < 4.78 is 0. The molecule has 80 valence electrons. The Labute approximate surface area is 98.1 Å². The molecular formula is C10H10Cl2N2O. The first-order valence-corrected chi connectivity index (χ1v) is 5.13. The number of hydrogen-bond donors (Lipinski definition) is 1. The van der Waals surface area contributed by atoms with E-state index in [-0.39, 0.29) is 11.8 Å². The van der Waals surface area contributed by atoms with Crippen LogP contribution in [0, 0.1) is 0 Å². The van der Waals surface area contributed by atoms with Gasteiger partial charge in [0.1, 0.15) is 5.88 Å². The maximum Gasteiger partial charge on any atom is 0.239 e. The van der Waals surface area contributed by atoms with E-state index in [4.69, 9.17) is 23.2 Å². The summed E-state index contributed by atoms with van der Waals surface area (Å²) in [6.07, 6.45) is 1.47. The maximum absolute atomic E-state index is 11.1. The smallest absolute Gasteiger partial charge is 0.239 e. The zero-order chi connectivity index (χ0) is 11.4. The number of nitrogens with zero attached hydrogens (tertiary/aromatic N) is 1. The summed E-state index contributed by atoms with van der Waals surface area (Å²) in [5.41, 5.74) is 1.98. The Balaban J connectivity index is 3.00. The minimum atomic E-state index is -0.308. The summed E-state index contributed by atoms with van der Waals surface area (Å²) in [5, 5.41) is 2.94. The van der Waals surface area contributed by atoms with Gasteiger partial charge < -0.3 is 5.32 Å². The fraction of sp³-hybridized carbons (Fsp3) is 0.200. The lowest BCUT2D eigenvalue weighted by atomic mass is 10.2. The Hall–Kier alpha value is -1.06. The summed E-state index contributed by atoms with van der Waals surface area (Å²) in [5.74, 6) is -0.418. The van der Waals surface area contributed by atoms with Gasteiger partial charge in [-0.1, -0.05) is 18.2 Å². The van der Waals surface area contributed by atoms with E-state index in [1.807, 2.05) is 6.92 Å². The predicted octanol–water partition coefficient (Wildman–Crippen LogP) is 2.95. The number of carbonyl (C=O) groups is 1. The average molecular weight is 245 g/mol. The van der Waals surface area contributed by atoms with E-state index in [0.717, 1.165) is 5.57 Å². The van der Waals surface area contributed by atoms with Crippen molar-refractivity contribution >= 4 is 40.4 Å². The van der Waals surface area contributed by atoms with Gasteiger partial charge in [-0.3, -0.25) is 9.78 Å². The van der Waals surface area contributed by atoms with Crippen molar-refractivity contribution in [3.63, 3.8) is 0 Å². The van der Waals surface area contributed by atoms with Gasteiger partial charge in [0.2, 0.25) is 5.91 Å². The summed E-state index contributed by atoms with van der Waals surface area (Å²) in [6.45, 7) is 5.57. The van der Waals surface area contributed by atoms with Gasteiger partial charge in [-0.15, -0.1) is 11.6 Å². The zero-order valence-electron chi connectivity index (χ0n) is 8.18. The number of aromatic nitrogens is 1. The van der Waals surface area contributed by atoms with Crippen LogP contribution in [0.1, 0.15) is 12.6 Å². The molecule has 0 spiro atoms. The molecule has 0 atom stereocenters. The van der Waals surface area contributed by atoms with Crippen molar-refractivity contribution in [3.8, 4) is 0 Å². The molecule has 1 amide bonds. The third-order valence-electron chi connectivity index (χ3n) is 1.69. The second-order valence-corrected chi connectivity index (χ2v) is 3.69. The highest BCUT2D eigenvalue weighted by atomic mass is 35.5. The number of nitrogens with one attached hydrogen (secondary N) is 1. The molecule has 1 rings (SSSR count). The van der Waals surface area contributed by atoms with Crippen LogP contribution in [0.25, 0.3) is 5.57 Å². The highest BCUT2D eigenvalue weighted by molar-refractivity contribution is 6.34. The number of alkyl halides is 1. The first-order chi connectivity index (χ1) is 7.04. The van der Waals surface area contributed by atoms with E-state index in [9.17, 15) is 4.79 Å². The van der Waals surface area contributed by atoms with E-state index < -0.39 is 0 Å². The molecule has 15 heavy (non-hydrogen) atoms. The molecule has 1 N–H and O–H groups in total. The van der Waals surface area contributed by atoms with E-state index in [1.165, 1.54) is 6.20 Å². The lowest BCUT2D eigenvalue weighted by Gasteiger charge is -2.07. The van der Waals surface area contributed by atoms with Crippen LogP contribution >= 0.6 is 23.2 Å². The minimum absolute atomic E-state index is 0.110. The molecule has 0 aliphatic heterocycles. The molecule has 0 unspecified atom stereocenters. The van der Waals surface area contributed by atoms with Gasteiger partial charge in [0.15, 0.2) is 0 Å². The van der Waals surface area contributed by atoms with Gasteiger partial charge in [0, 0.05) is 6.20 Å². The van der Waals surface area contributed by atoms with Crippen molar-refractivity contribution in [2.75, 3.05) is 11.2 Å². The monoisotopic (exact) mass is 244 g/mol. The lowest BCUT2D eigenvalue weighted by molar-refractivity contribution is -0.113. The van der Waals surface area contributed by atoms with Gasteiger partial charge in [-0.25, -0.2) is 0 Å². The van der Waals surface area contributed by atoms with Crippen molar-refractivity contribution in [3.05, 3.63) is 29.6 Å². The lowest BCUT2D eigenvalue weighted by Crippen LogP contribution is -2.13. The van der Waals surface area contributed by atoms with Crippen molar-refractivity contribution in [1.82, 2.24) is 4.98 Å². The van der Waals surface area contributed by atoms with Gasteiger partial charge in [-0.2, -0.15) is 0 Å². The fourth-order valence-corrected chi connectivity index (χ4v) is 1.17. The summed E-state index contributed by atoms with van der Waals surface area (Å²) in [7, 11) is 0.